The molecular formula is C12H16N2O4S. The van der Waals surface area contributed by atoms with Gasteiger partial charge in [-0.3, -0.25) is 14.4 Å². The molecule has 1 rings (SSSR count). The van der Waals surface area contributed by atoms with Gasteiger partial charge in [0.25, 0.3) is 0 Å². The normalized spacial score (nSPS) is 11.7. The predicted octanol–water partition coefficient (Wildman–Crippen LogP) is 1.41. The van der Waals surface area contributed by atoms with E-state index in [9.17, 15) is 14.4 Å². The molecule has 6 nitrogen and oxygen atoms in total. The number of carbonyl (C=O) groups is 3. The lowest BCUT2D eigenvalue weighted by molar-refractivity contribution is -0.151. The minimum atomic E-state index is -0.841. The lowest BCUT2D eigenvalue weighted by Gasteiger charge is -2.10. The van der Waals surface area contributed by atoms with Gasteiger partial charge in [-0.05, 0) is 13.8 Å². The van der Waals surface area contributed by atoms with Crippen LogP contribution in [0.2, 0.25) is 0 Å². The van der Waals surface area contributed by atoms with Crippen molar-refractivity contribution in [2.75, 3.05) is 11.9 Å². The van der Waals surface area contributed by atoms with E-state index in [4.69, 9.17) is 4.74 Å². The average molecular weight is 284 g/mol. The Morgan fingerprint density at radius 2 is 2.11 bits per heavy atom. The number of esters is 1. The summed E-state index contributed by atoms with van der Waals surface area (Å²) >= 11 is 1.25. The van der Waals surface area contributed by atoms with Crippen molar-refractivity contribution >= 4 is 34.1 Å². The predicted molar refractivity (Wildman–Crippen MR) is 70.9 cm³/mol. The van der Waals surface area contributed by atoms with Gasteiger partial charge in [-0.1, -0.05) is 0 Å². The molecule has 0 saturated carbocycles. The van der Waals surface area contributed by atoms with E-state index in [0.717, 1.165) is 0 Å². The maximum atomic E-state index is 11.6. The van der Waals surface area contributed by atoms with Crippen LogP contribution in [0.25, 0.3) is 0 Å². The van der Waals surface area contributed by atoms with Crippen molar-refractivity contribution < 1.29 is 19.1 Å². The fourth-order valence-electron chi connectivity index (χ4n) is 1.45. The number of thiazole rings is 1. The number of carbonyl (C=O) groups excluding carboxylic acids is 3. The molecular weight excluding hydrogens is 268 g/mol. The number of nitrogens with one attached hydrogen (secondary N) is 1. The molecule has 1 atom stereocenters. The van der Waals surface area contributed by atoms with E-state index in [1.807, 2.05) is 0 Å². The maximum absolute atomic E-state index is 11.6. The van der Waals surface area contributed by atoms with Gasteiger partial charge < -0.3 is 10.1 Å². The van der Waals surface area contributed by atoms with Gasteiger partial charge in [0, 0.05) is 18.7 Å². The highest BCUT2D eigenvalue weighted by molar-refractivity contribution is 7.13. The monoisotopic (exact) mass is 284 g/mol. The van der Waals surface area contributed by atoms with Crippen molar-refractivity contribution in [2.24, 2.45) is 5.92 Å². The highest BCUT2D eigenvalue weighted by Gasteiger charge is 2.26. The molecule has 0 radical (unpaired) electrons. The summed E-state index contributed by atoms with van der Waals surface area (Å²) in [6.07, 6.45) is 0.185. The Hall–Kier alpha value is -1.76. The van der Waals surface area contributed by atoms with E-state index in [-0.39, 0.29) is 24.7 Å². The number of nitrogens with zero attached hydrogens (tertiary/aromatic N) is 1. The Balaban J connectivity index is 2.74. The molecule has 0 aliphatic carbocycles. The fourth-order valence-corrected chi connectivity index (χ4v) is 2.22. The third-order valence-corrected chi connectivity index (χ3v) is 3.12. The van der Waals surface area contributed by atoms with Crippen LogP contribution in [0.4, 0.5) is 5.13 Å². The van der Waals surface area contributed by atoms with E-state index in [0.29, 0.717) is 10.8 Å². The Morgan fingerprint density at radius 3 is 2.63 bits per heavy atom. The molecule has 0 spiro atoms. The van der Waals surface area contributed by atoms with Crippen molar-refractivity contribution in [1.82, 2.24) is 4.98 Å². The van der Waals surface area contributed by atoms with Gasteiger partial charge in [-0.2, -0.15) is 0 Å². The van der Waals surface area contributed by atoms with Crippen molar-refractivity contribution in [2.45, 2.75) is 27.2 Å². The van der Waals surface area contributed by atoms with Crippen molar-refractivity contribution in [3.05, 3.63) is 11.1 Å². The van der Waals surface area contributed by atoms with Gasteiger partial charge in [-0.15, -0.1) is 11.3 Å². The number of Topliss-reactive ketones (excluding diaryl/α,β-unsaturated/α-hetero) is 1. The molecule has 1 unspecified atom stereocenters. The van der Waals surface area contributed by atoms with Crippen LogP contribution >= 0.6 is 11.3 Å². The van der Waals surface area contributed by atoms with Gasteiger partial charge in [0.15, 0.2) is 5.13 Å². The Bertz CT molecular complexity index is 484. The van der Waals surface area contributed by atoms with Gasteiger partial charge in [-0.25, -0.2) is 4.98 Å². The highest BCUT2D eigenvalue weighted by atomic mass is 32.1. The number of anilines is 1. The quantitative estimate of drug-likeness (QED) is 0.630. The van der Waals surface area contributed by atoms with E-state index >= 15 is 0 Å². The second kappa shape index (κ2) is 6.98. The third-order valence-electron chi connectivity index (χ3n) is 2.31. The molecule has 1 amide bonds. The molecule has 0 aliphatic rings. The molecule has 0 bridgehead atoms. The maximum Gasteiger partial charge on any atom is 0.316 e. The van der Waals surface area contributed by atoms with Gasteiger partial charge in [0.05, 0.1) is 12.3 Å². The zero-order chi connectivity index (χ0) is 14.4. The summed E-state index contributed by atoms with van der Waals surface area (Å²) in [7, 11) is 0. The first-order valence-electron chi connectivity index (χ1n) is 5.83. The SMILES string of the molecule is CCOC(=O)C(Cc1csc(NC(C)=O)n1)C(C)=O. The standard InChI is InChI=1S/C12H16N2O4S/c1-4-18-11(17)10(7(2)15)5-9-6-19-12(14-9)13-8(3)16/h6,10H,4-5H2,1-3H3,(H,13,14,16). The smallest absolute Gasteiger partial charge is 0.316 e. The third kappa shape index (κ3) is 4.78. The fraction of sp³-hybridized carbons (Fsp3) is 0.500. The molecule has 1 aromatic rings. The van der Waals surface area contributed by atoms with Crippen LogP contribution in [0, 0.1) is 5.92 Å². The van der Waals surface area contributed by atoms with Crippen molar-refractivity contribution in [1.29, 1.82) is 0 Å². The van der Waals surface area contributed by atoms with Crippen molar-refractivity contribution in [3.8, 4) is 0 Å². The summed E-state index contributed by atoms with van der Waals surface area (Å²) in [6.45, 7) is 4.66. The van der Waals surface area contributed by atoms with Crippen LogP contribution in [0.5, 0.6) is 0 Å². The Morgan fingerprint density at radius 1 is 1.42 bits per heavy atom. The summed E-state index contributed by atoms with van der Waals surface area (Å²) in [5, 5.41) is 4.71. The van der Waals surface area contributed by atoms with E-state index < -0.39 is 11.9 Å². The van der Waals surface area contributed by atoms with Crippen LogP contribution in [-0.4, -0.2) is 29.3 Å². The summed E-state index contributed by atoms with van der Waals surface area (Å²) in [4.78, 5) is 38.1. The minimum Gasteiger partial charge on any atom is -0.465 e. The lowest BCUT2D eigenvalue weighted by Crippen LogP contribution is -2.26. The zero-order valence-electron chi connectivity index (χ0n) is 11.1. The average Bonchev–Trinajstić information content (AvgIpc) is 2.72. The Kier molecular flexibility index (Phi) is 5.62. The largest absolute Gasteiger partial charge is 0.465 e. The number of hydrogen-bond acceptors (Lipinski definition) is 6. The van der Waals surface area contributed by atoms with Crippen LogP contribution in [0.3, 0.4) is 0 Å². The van der Waals surface area contributed by atoms with Crippen molar-refractivity contribution in [3.63, 3.8) is 0 Å². The molecule has 19 heavy (non-hydrogen) atoms. The van der Waals surface area contributed by atoms with Gasteiger partial charge in [0.1, 0.15) is 11.7 Å². The molecule has 1 aromatic heterocycles. The number of hydrogen-bond donors (Lipinski definition) is 1. The molecule has 0 aliphatic heterocycles. The molecule has 1 heterocycles. The molecule has 0 aromatic carbocycles. The summed E-state index contributed by atoms with van der Waals surface area (Å²) < 4.78 is 4.86. The first-order chi connectivity index (χ1) is 8.93. The minimum absolute atomic E-state index is 0.185. The summed E-state index contributed by atoms with van der Waals surface area (Å²) in [5.41, 5.74) is 0.585. The molecule has 104 valence electrons. The van der Waals surface area contributed by atoms with E-state index in [2.05, 4.69) is 10.3 Å². The molecule has 7 heteroatoms. The van der Waals surface area contributed by atoms with Crippen LogP contribution in [-0.2, 0) is 25.5 Å². The Labute approximate surface area is 115 Å². The molecule has 0 fully saturated rings. The first kappa shape index (κ1) is 15.3. The lowest BCUT2D eigenvalue weighted by atomic mass is 10.00. The molecule has 1 N–H and O–H groups in total. The number of ether oxygens (including phenoxy) is 1. The van der Waals surface area contributed by atoms with E-state index in [1.54, 1.807) is 12.3 Å². The van der Waals surface area contributed by atoms with E-state index in [1.165, 1.54) is 25.2 Å². The summed E-state index contributed by atoms with van der Waals surface area (Å²) in [6, 6.07) is 0. The van der Waals surface area contributed by atoms with Crippen LogP contribution < -0.4 is 5.32 Å². The van der Waals surface area contributed by atoms with Gasteiger partial charge >= 0.3 is 5.97 Å². The first-order valence-corrected chi connectivity index (χ1v) is 6.71. The molecule has 0 saturated heterocycles. The zero-order valence-corrected chi connectivity index (χ0v) is 11.9. The number of rotatable bonds is 6. The number of amides is 1. The second-order valence-electron chi connectivity index (χ2n) is 3.94. The van der Waals surface area contributed by atoms with Crippen LogP contribution in [0.1, 0.15) is 26.5 Å². The number of ketones is 1. The number of aromatic nitrogens is 1. The highest BCUT2D eigenvalue weighted by Crippen LogP contribution is 2.19. The topological polar surface area (TPSA) is 85.4 Å². The van der Waals surface area contributed by atoms with Crippen LogP contribution in [0.15, 0.2) is 5.38 Å². The van der Waals surface area contributed by atoms with Gasteiger partial charge in [0.2, 0.25) is 5.91 Å². The summed E-state index contributed by atoms with van der Waals surface area (Å²) in [5.74, 6) is -1.85. The second-order valence-corrected chi connectivity index (χ2v) is 4.80.